The Kier molecular flexibility index (Phi) is 8.33. The Morgan fingerprint density at radius 2 is 1.46 bits per heavy atom. The van der Waals surface area contributed by atoms with Gasteiger partial charge in [0.1, 0.15) is 37.5 Å². The van der Waals surface area contributed by atoms with E-state index < -0.39 is 0 Å². The summed E-state index contributed by atoms with van der Waals surface area (Å²) in [6.07, 6.45) is 4.64. The summed E-state index contributed by atoms with van der Waals surface area (Å²) in [5.74, 6) is 1.69. The number of thiophene rings is 1. The van der Waals surface area contributed by atoms with Gasteiger partial charge in [-0.25, -0.2) is 0 Å². The van der Waals surface area contributed by atoms with Crippen LogP contribution in [0.2, 0.25) is 0 Å². The minimum atomic E-state index is 0.165. The van der Waals surface area contributed by atoms with Crippen LogP contribution in [0.1, 0.15) is 85.9 Å². The van der Waals surface area contributed by atoms with Gasteiger partial charge >= 0.3 is 0 Å². The fourth-order valence-electron chi connectivity index (χ4n) is 5.23. The van der Waals surface area contributed by atoms with Gasteiger partial charge < -0.3 is 14.3 Å². The van der Waals surface area contributed by atoms with Crippen LogP contribution in [-0.4, -0.2) is 19.4 Å². The molecule has 1 heterocycles. The van der Waals surface area contributed by atoms with Crippen LogP contribution in [-0.2, 0) is 28.7 Å². The van der Waals surface area contributed by atoms with Crippen molar-refractivity contribution in [2.45, 2.75) is 84.7 Å². The molecule has 0 N–H and O–H groups in total. The van der Waals surface area contributed by atoms with Crippen LogP contribution >= 0.6 is 11.3 Å². The molecule has 0 spiro atoms. The first-order valence-corrected chi connectivity index (χ1v) is 14.1. The predicted molar refractivity (Wildman–Crippen MR) is 155 cm³/mol. The van der Waals surface area contributed by atoms with Crippen LogP contribution in [0.3, 0.4) is 0 Å². The second-order valence-electron chi connectivity index (χ2n) is 11.4. The van der Waals surface area contributed by atoms with Gasteiger partial charge in [0.2, 0.25) is 0 Å². The standard InChI is InChI=1S/C32H41NO3S/c1-8-9-23-10-14-25(15-11-23)35-20-24-12-16-26(17-13-24)36-21-27(33-34-7)29-22(2)28-30(37-29)32(5,6)19-18-31(28,3)4/h10-17H,8-9,18-21H2,1-7H3/b33-27+. The van der Waals surface area contributed by atoms with Gasteiger partial charge in [-0.15, -0.1) is 11.3 Å². The van der Waals surface area contributed by atoms with E-state index >= 15 is 0 Å². The number of ether oxygens (including phenoxy) is 2. The lowest BCUT2D eigenvalue weighted by molar-refractivity contribution is 0.210. The highest BCUT2D eigenvalue weighted by Crippen LogP contribution is 2.51. The van der Waals surface area contributed by atoms with E-state index in [0.29, 0.717) is 13.2 Å². The molecule has 198 valence electrons. The molecule has 0 unspecified atom stereocenters. The zero-order valence-electron chi connectivity index (χ0n) is 23.4. The van der Waals surface area contributed by atoms with E-state index in [1.807, 2.05) is 47.7 Å². The lowest BCUT2D eigenvalue weighted by Crippen LogP contribution is -2.32. The minimum Gasteiger partial charge on any atom is -0.489 e. The summed E-state index contributed by atoms with van der Waals surface area (Å²) in [5, 5.41) is 4.39. The summed E-state index contributed by atoms with van der Waals surface area (Å²) in [7, 11) is 1.60. The third-order valence-electron chi connectivity index (χ3n) is 7.44. The van der Waals surface area contributed by atoms with E-state index in [4.69, 9.17) is 14.3 Å². The molecule has 4 rings (SSSR count). The average Bonchev–Trinajstić information content (AvgIpc) is 3.24. The lowest BCUT2D eigenvalue weighted by Gasteiger charge is -2.39. The van der Waals surface area contributed by atoms with Crippen LogP contribution in [0.4, 0.5) is 0 Å². The number of hydrogen-bond acceptors (Lipinski definition) is 5. The number of benzene rings is 2. The van der Waals surface area contributed by atoms with Crippen molar-refractivity contribution in [1.29, 1.82) is 0 Å². The van der Waals surface area contributed by atoms with E-state index in [1.54, 1.807) is 7.11 Å². The van der Waals surface area contributed by atoms with Crippen molar-refractivity contribution in [3.8, 4) is 11.5 Å². The fourth-order valence-corrected chi connectivity index (χ4v) is 6.81. The first kappa shape index (κ1) is 27.3. The van der Waals surface area contributed by atoms with Crippen molar-refractivity contribution < 1.29 is 14.3 Å². The lowest BCUT2D eigenvalue weighted by atomic mass is 9.66. The summed E-state index contributed by atoms with van der Waals surface area (Å²) >= 11 is 1.86. The van der Waals surface area contributed by atoms with Crippen molar-refractivity contribution in [1.82, 2.24) is 0 Å². The van der Waals surface area contributed by atoms with Crippen LogP contribution in [0.15, 0.2) is 53.7 Å². The quantitative estimate of drug-likeness (QED) is 0.199. The number of nitrogens with zero attached hydrogens (tertiary/aromatic N) is 1. The van der Waals surface area contributed by atoms with E-state index in [2.05, 4.69) is 58.8 Å². The Morgan fingerprint density at radius 3 is 2.05 bits per heavy atom. The molecule has 37 heavy (non-hydrogen) atoms. The van der Waals surface area contributed by atoms with Crippen LogP contribution < -0.4 is 9.47 Å². The number of hydrogen-bond donors (Lipinski definition) is 0. The molecule has 0 atom stereocenters. The molecule has 0 saturated heterocycles. The number of rotatable bonds is 10. The Labute approximate surface area is 226 Å². The first-order chi connectivity index (χ1) is 17.6. The van der Waals surface area contributed by atoms with Gasteiger partial charge in [-0.2, -0.15) is 0 Å². The Hall–Kier alpha value is -2.79. The summed E-state index contributed by atoms with van der Waals surface area (Å²) in [5.41, 5.74) is 6.42. The van der Waals surface area contributed by atoms with Gasteiger partial charge in [-0.3, -0.25) is 0 Å². The number of fused-ring (bicyclic) bond motifs is 1. The predicted octanol–water partition coefficient (Wildman–Crippen LogP) is 8.37. The molecule has 0 amide bonds. The van der Waals surface area contributed by atoms with Crippen LogP contribution in [0, 0.1) is 6.92 Å². The zero-order valence-corrected chi connectivity index (χ0v) is 24.3. The maximum Gasteiger partial charge on any atom is 0.135 e. The second-order valence-corrected chi connectivity index (χ2v) is 12.4. The third kappa shape index (κ3) is 6.20. The number of aryl methyl sites for hydroxylation is 1. The molecule has 0 radical (unpaired) electrons. The van der Waals surface area contributed by atoms with E-state index in [-0.39, 0.29) is 10.8 Å². The maximum atomic E-state index is 6.18. The molecule has 2 aromatic carbocycles. The van der Waals surface area contributed by atoms with E-state index in [1.165, 1.54) is 39.3 Å². The van der Waals surface area contributed by atoms with Crippen LogP contribution in [0.5, 0.6) is 11.5 Å². The summed E-state index contributed by atoms with van der Waals surface area (Å²) in [6.45, 7) is 14.7. The maximum absolute atomic E-state index is 6.18. The van der Waals surface area contributed by atoms with Crippen LogP contribution in [0.25, 0.3) is 0 Å². The summed E-state index contributed by atoms with van der Waals surface area (Å²) in [4.78, 5) is 7.90. The van der Waals surface area contributed by atoms with E-state index in [9.17, 15) is 0 Å². The molecule has 4 nitrogen and oxygen atoms in total. The second kappa shape index (κ2) is 11.3. The highest BCUT2D eigenvalue weighted by molar-refractivity contribution is 7.14. The van der Waals surface area contributed by atoms with Gasteiger partial charge in [0.25, 0.3) is 0 Å². The molecule has 3 aromatic rings. The average molecular weight is 520 g/mol. The molecular formula is C32H41NO3S. The van der Waals surface area contributed by atoms with Crippen molar-refractivity contribution >= 4 is 17.0 Å². The van der Waals surface area contributed by atoms with Gasteiger partial charge in [0.15, 0.2) is 0 Å². The Bertz CT molecular complexity index is 1220. The SMILES string of the molecule is CCCc1ccc(OCc2ccc(OC/C(=N\OC)c3sc4c(c3C)C(C)(C)CCC4(C)C)cc2)cc1. The monoisotopic (exact) mass is 519 g/mol. The largest absolute Gasteiger partial charge is 0.489 e. The van der Waals surface area contributed by atoms with E-state index in [0.717, 1.165) is 35.6 Å². The topological polar surface area (TPSA) is 40.0 Å². The van der Waals surface area contributed by atoms with Gasteiger partial charge in [-0.05, 0) is 83.5 Å². The summed E-state index contributed by atoms with van der Waals surface area (Å²) in [6, 6.07) is 16.5. The van der Waals surface area contributed by atoms with Crippen molar-refractivity contribution in [3.63, 3.8) is 0 Å². The Balaban J connectivity index is 1.42. The first-order valence-electron chi connectivity index (χ1n) is 13.3. The van der Waals surface area contributed by atoms with Gasteiger partial charge in [0.05, 0.1) is 4.88 Å². The molecular weight excluding hydrogens is 478 g/mol. The third-order valence-corrected chi connectivity index (χ3v) is 9.15. The molecule has 1 aliphatic rings. The molecule has 0 bridgehead atoms. The van der Waals surface area contributed by atoms with Crippen molar-refractivity contribution in [2.24, 2.45) is 5.16 Å². The molecule has 1 aromatic heterocycles. The molecule has 0 fully saturated rings. The Morgan fingerprint density at radius 1 is 0.865 bits per heavy atom. The molecule has 0 saturated carbocycles. The zero-order chi connectivity index (χ0) is 26.6. The molecule has 0 aliphatic heterocycles. The normalized spacial score (nSPS) is 16.2. The van der Waals surface area contributed by atoms with Gasteiger partial charge in [-0.1, -0.05) is 70.5 Å². The minimum absolute atomic E-state index is 0.165. The molecule has 1 aliphatic carbocycles. The number of oxime groups is 1. The van der Waals surface area contributed by atoms with Crippen molar-refractivity contribution in [3.05, 3.63) is 80.5 Å². The molecule has 5 heteroatoms. The van der Waals surface area contributed by atoms with Gasteiger partial charge in [0, 0.05) is 4.88 Å². The van der Waals surface area contributed by atoms with Crippen molar-refractivity contribution in [2.75, 3.05) is 13.7 Å². The highest BCUT2D eigenvalue weighted by Gasteiger charge is 2.41. The smallest absolute Gasteiger partial charge is 0.135 e. The fraction of sp³-hybridized carbons (Fsp3) is 0.469. The highest BCUT2D eigenvalue weighted by atomic mass is 32.1. The summed E-state index contributed by atoms with van der Waals surface area (Å²) < 4.78 is 12.1.